The molecule has 102 valence electrons. The van der Waals surface area contributed by atoms with Crippen LogP contribution in [0.4, 0.5) is 0 Å². The fraction of sp³-hybridized carbons (Fsp3) is 0.0769. The van der Waals surface area contributed by atoms with Crippen molar-refractivity contribution >= 4 is 26.8 Å². The molecule has 7 heteroatoms. The molecule has 0 aliphatic heterocycles. The standard InChI is InChI=1S/C13H10N2O4S/c1-10(16)19-15(9-14)20(17,18)13-8-4-6-11-5-2-3-7-12(11)13/h2-8H,1H3. The van der Waals surface area contributed by atoms with Crippen molar-refractivity contribution in [2.75, 3.05) is 0 Å². The van der Waals surface area contributed by atoms with E-state index in [9.17, 15) is 13.2 Å². The zero-order valence-corrected chi connectivity index (χ0v) is 11.3. The van der Waals surface area contributed by atoms with Gasteiger partial charge in [-0.25, -0.2) is 4.79 Å². The summed E-state index contributed by atoms with van der Waals surface area (Å²) in [5.74, 6) is -0.893. The zero-order valence-electron chi connectivity index (χ0n) is 10.5. The highest BCUT2D eigenvalue weighted by Crippen LogP contribution is 2.25. The highest BCUT2D eigenvalue weighted by molar-refractivity contribution is 7.89. The van der Waals surface area contributed by atoms with Crippen molar-refractivity contribution in [3.05, 3.63) is 42.5 Å². The van der Waals surface area contributed by atoms with Gasteiger partial charge in [-0.2, -0.15) is 13.7 Å². The van der Waals surface area contributed by atoms with Crippen molar-refractivity contribution in [1.29, 1.82) is 5.26 Å². The summed E-state index contributed by atoms with van der Waals surface area (Å²) in [7, 11) is -4.24. The van der Waals surface area contributed by atoms with Gasteiger partial charge in [0.05, 0.1) is 4.90 Å². The average molecular weight is 290 g/mol. The molecule has 0 bridgehead atoms. The van der Waals surface area contributed by atoms with Crippen LogP contribution >= 0.6 is 0 Å². The molecule has 0 N–H and O–H groups in total. The Hall–Kier alpha value is -2.59. The van der Waals surface area contributed by atoms with Crippen LogP contribution in [0.3, 0.4) is 0 Å². The first kappa shape index (κ1) is 13.8. The normalized spacial score (nSPS) is 10.8. The Kier molecular flexibility index (Phi) is 3.59. The molecule has 0 saturated heterocycles. The van der Waals surface area contributed by atoms with E-state index in [4.69, 9.17) is 5.26 Å². The van der Waals surface area contributed by atoms with Gasteiger partial charge in [0.15, 0.2) is 0 Å². The Morgan fingerprint density at radius 2 is 1.85 bits per heavy atom. The first-order valence-electron chi connectivity index (χ1n) is 5.58. The predicted octanol–water partition coefficient (Wildman–Crippen LogP) is 1.79. The Balaban J connectivity index is 2.63. The van der Waals surface area contributed by atoms with Crippen LogP contribution in [0.1, 0.15) is 6.92 Å². The molecule has 0 saturated carbocycles. The van der Waals surface area contributed by atoms with Crippen molar-refractivity contribution in [3.63, 3.8) is 0 Å². The lowest BCUT2D eigenvalue weighted by atomic mass is 10.1. The van der Waals surface area contributed by atoms with Crippen LogP contribution in [0.5, 0.6) is 0 Å². The molecule has 2 aromatic rings. The summed E-state index contributed by atoms with van der Waals surface area (Å²) in [6.45, 7) is 1.02. The lowest BCUT2D eigenvalue weighted by Crippen LogP contribution is -2.28. The van der Waals surface area contributed by atoms with E-state index in [1.807, 2.05) is 0 Å². The van der Waals surface area contributed by atoms with Gasteiger partial charge in [-0.05, 0) is 15.9 Å². The summed E-state index contributed by atoms with van der Waals surface area (Å²) in [6, 6.07) is 11.5. The Labute approximate surface area is 115 Å². The Morgan fingerprint density at radius 3 is 2.50 bits per heavy atom. The molecule has 0 fully saturated rings. The Bertz CT molecular complexity index is 803. The third-order valence-electron chi connectivity index (χ3n) is 2.54. The van der Waals surface area contributed by atoms with Gasteiger partial charge in [-0.3, -0.25) is 0 Å². The second-order valence-electron chi connectivity index (χ2n) is 3.89. The molecule has 0 aromatic heterocycles. The van der Waals surface area contributed by atoms with E-state index in [0.29, 0.717) is 10.8 Å². The van der Waals surface area contributed by atoms with Crippen molar-refractivity contribution < 1.29 is 18.0 Å². The van der Waals surface area contributed by atoms with Crippen LogP contribution in [-0.2, 0) is 19.7 Å². The SMILES string of the molecule is CC(=O)ON(C#N)S(=O)(=O)c1cccc2ccccc12. The number of benzene rings is 2. The van der Waals surface area contributed by atoms with E-state index in [1.54, 1.807) is 36.4 Å². The first-order chi connectivity index (χ1) is 9.46. The van der Waals surface area contributed by atoms with Gasteiger partial charge in [0.2, 0.25) is 6.19 Å². The molecule has 2 aromatic carbocycles. The van der Waals surface area contributed by atoms with Crippen LogP contribution in [0.15, 0.2) is 47.4 Å². The minimum Gasteiger partial charge on any atom is -0.316 e. The average Bonchev–Trinajstić information content (AvgIpc) is 2.43. The van der Waals surface area contributed by atoms with Gasteiger partial charge in [0, 0.05) is 12.3 Å². The molecule has 0 atom stereocenters. The molecule has 6 nitrogen and oxygen atoms in total. The lowest BCUT2D eigenvalue weighted by molar-refractivity contribution is -0.158. The van der Waals surface area contributed by atoms with Gasteiger partial charge in [-0.1, -0.05) is 36.4 Å². The van der Waals surface area contributed by atoms with Crippen molar-refractivity contribution in [2.45, 2.75) is 11.8 Å². The van der Waals surface area contributed by atoms with E-state index in [1.165, 1.54) is 12.3 Å². The number of nitrogens with zero attached hydrogens (tertiary/aromatic N) is 2. The van der Waals surface area contributed by atoms with Crippen LogP contribution in [0.25, 0.3) is 10.8 Å². The van der Waals surface area contributed by atoms with Gasteiger partial charge < -0.3 is 4.84 Å². The van der Waals surface area contributed by atoms with Crippen LogP contribution < -0.4 is 0 Å². The number of nitriles is 1. The van der Waals surface area contributed by atoms with Crippen LogP contribution in [-0.4, -0.2) is 18.9 Å². The van der Waals surface area contributed by atoms with Gasteiger partial charge >= 0.3 is 16.0 Å². The molecule has 0 aliphatic carbocycles. The number of hydroxylamine groups is 1. The summed E-state index contributed by atoms with van der Waals surface area (Å²) < 4.78 is 24.7. The zero-order chi connectivity index (χ0) is 14.8. The molecule has 2 rings (SSSR count). The third kappa shape index (κ3) is 2.41. The third-order valence-corrected chi connectivity index (χ3v) is 4.04. The molecule has 0 heterocycles. The van der Waals surface area contributed by atoms with Gasteiger partial charge in [0.1, 0.15) is 0 Å². The Morgan fingerprint density at radius 1 is 1.20 bits per heavy atom. The van der Waals surface area contributed by atoms with Crippen molar-refractivity contribution in [2.24, 2.45) is 0 Å². The van der Waals surface area contributed by atoms with Crippen molar-refractivity contribution in [3.8, 4) is 6.19 Å². The van der Waals surface area contributed by atoms with E-state index in [0.717, 1.165) is 6.92 Å². The minimum absolute atomic E-state index is 0.0110. The van der Waals surface area contributed by atoms with E-state index >= 15 is 0 Å². The van der Waals surface area contributed by atoms with Crippen molar-refractivity contribution in [1.82, 2.24) is 4.47 Å². The maximum atomic E-state index is 12.3. The fourth-order valence-corrected chi connectivity index (χ4v) is 2.95. The smallest absolute Gasteiger partial charge is 0.316 e. The van der Waals surface area contributed by atoms with E-state index in [2.05, 4.69) is 4.84 Å². The number of hydrogen-bond donors (Lipinski definition) is 0. The number of sulfonamides is 1. The summed E-state index contributed by atoms with van der Waals surface area (Å²) >= 11 is 0. The van der Waals surface area contributed by atoms with Crippen LogP contribution in [0, 0.1) is 11.5 Å². The monoisotopic (exact) mass is 290 g/mol. The molecule has 0 amide bonds. The number of hydrogen-bond acceptors (Lipinski definition) is 5. The molecule has 20 heavy (non-hydrogen) atoms. The molecular formula is C13H10N2O4S. The number of carbonyl (C=O) groups is 1. The van der Waals surface area contributed by atoms with Gasteiger partial charge in [0.25, 0.3) is 0 Å². The number of carbonyl (C=O) groups excluding carboxylic acids is 1. The maximum absolute atomic E-state index is 12.3. The number of fused-ring (bicyclic) bond motifs is 1. The molecular weight excluding hydrogens is 280 g/mol. The topological polar surface area (TPSA) is 87.5 Å². The summed E-state index contributed by atoms with van der Waals surface area (Å²) in [4.78, 5) is 15.2. The molecule has 0 radical (unpaired) electrons. The molecule has 0 spiro atoms. The largest absolute Gasteiger partial charge is 0.331 e. The minimum atomic E-state index is -4.24. The predicted molar refractivity (Wildman–Crippen MR) is 70.4 cm³/mol. The summed E-state index contributed by atoms with van der Waals surface area (Å²) in [5.41, 5.74) is 0. The quantitative estimate of drug-likeness (QED) is 0.488. The molecule has 0 unspecified atom stereocenters. The highest BCUT2D eigenvalue weighted by atomic mass is 32.2. The highest BCUT2D eigenvalue weighted by Gasteiger charge is 2.28. The number of rotatable bonds is 3. The first-order valence-corrected chi connectivity index (χ1v) is 7.02. The van der Waals surface area contributed by atoms with E-state index < -0.39 is 16.0 Å². The van der Waals surface area contributed by atoms with Crippen LogP contribution in [0.2, 0.25) is 0 Å². The van der Waals surface area contributed by atoms with E-state index in [-0.39, 0.29) is 9.36 Å². The maximum Gasteiger partial charge on any atom is 0.331 e. The summed E-state index contributed by atoms with van der Waals surface area (Å²) in [5, 5.41) is 10.0. The second kappa shape index (κ2) is 5.19. The molecule has 0 aliphatic rings. The lowest BCUT2D eigenvalue weighted by Gasteiger charge is -2.14. The fourth-order valence-electron chi connectivity index (χ4n) is 1.75. The van der Waals surface area contributed by atoms with Gasteiger partial charge in [-0.15, -0.1) is 0 Å². The summed E-state index contributed by atoms with van der Waals surface area (Å²) in [6.07, 6.45) is 1.34. The second-order valence-corrected chi connectivity index (χ2v) is 5.61.